The number of phenols is 1. The number of aryl methyl sites for hydroxylation is 1. The number of hydrogen-bond donors (Lipinski definition) is 5. The number of nitrogens with two attached hydrogens (primary N) is 2. The zero-order valence-electron chi connectivity index (χ0n) is 26.8. The average molecular weight is 658 g/mol. The van der Waals surface area contributed by atoms with Gasteiger partial charge in [0.1, 0.15) is 17.8 Å². The van der Waals surface area contributed by atoms with Crippen molar-refractivity contribution in [3.63, 3.8) is 0 Å². The van der Waals surface area contributed by atoms with Crippen molar-refractivity contribution in [1.29, 1.82) is 0 Å². The molecule has 0 fully saturated rings. The average Bonchev–Trinajstić information content (AvgIpc) is 3.03. The van der Waals surface area contributed by atoms with Gasteiger partial charge in [-0.2, -0.15) is 11.8 Å². The minimum absolute atomic E-state index is 0.113. The summed E-state index contributed by atoms with van der Waals surface area (Å²) >= 11 is 1.50. The molecule has 0 bridgehead atoms. The van der Waals surface area contributed by atoms with Crippen LogP contribution < -0.4 is 22.1 Å². The molecule has 2 rings (SSSR count). The van der Waals surface area contributed by atoms with Gasteiger partial charge in [-0.15, -0.1) is 0 Å². The van der Waals surface area contributed by atoms with Crippen molar-refractivity contribution in [2.45, 2.75) is 70.0 Å². The van der Waals surface area contributed by atoms with Crippen molar-refractivity contribution in [3.8, 4) is 5.75 Å². The Kier molecular flexibility index (Phi) is 16.7. The summed E-state index contributed by atoms with van der Waals surface area (Å²) in [7, 11) is 1.32. The number of rotatable bonds is 20. The maximum absolute atomic E-state index is 13.5. The Morgan fingerprint density at radius 3 is 2.35 bits per heavy atom. The van der Waals surface area contributed by atoms with Crippen LogP contribution in [0.1, 0.15) is 48.8 Å². The molecule has 0 aliphatic carbocycles. The highest BCUT2D eigenvalue weighted by Gasteiger charge is 2.30. The highest BCUT2D eigenvalue weighted by molar-refractivity contribution is 7.98. The number of esters is 1. The number of phenolic OH excluding ortho intramolecular Hbond substituents is 1. The van der Waals surface area contributed by atoms with E-state index < -0.39 is 48.3 Å². The molecule has 0 aliphatic heterocycles. The van der Waals surface area contributed by atoms with E-state index in [9.17, 15) is 29.1 Å². The summed E-state index contributed by atoms with van der Waals surface area (Å²) in [4.78, 5) is 65.2. The van der Waals surface area contributed by atoms with Crippen LogP contribution in [0.15, 0.2) is 48.5 Å². The Bertz CT molecular complexity index is 1310. The number of carbonyl (C=O) groups excluding carboxylic acids is 5. The van der Waals surface area contributed by atoms with Crippen LogP contribution in [0.25, 0.3) is 0 Å². The molecule has 0 heterocycles. The SMILES string of the molecule is COC(=O)CCCCCN(C(=O)CNC(=O)[C@@H](CCSC)NC(=O)[C@@H](N)Cc1ccc(O)cc1C)[C@@H](Cc1ccccc1)C(N)=O. The molecule has 13 heteroatoms. The number of ether oxygens (including phenoxy) is 1. The van der Waals surface area contributed by atoms with E-state index in [4.69, 9.17) is 11.5 Å². The van der Waals surface area contributed by atoms with E-state index in [0.29, 0.717) is 31.4 Å². The number of thioether (sulfide) groups is 1. The molecule has 0 saturated carbocycles. The second-order valence-electron chi connectivity index (χ2n) is 11.1. The minimum atomic E-state index is -0.958. The lowest BCUT2D eigenvalue weighted by molar-refractivity contribution is -0.141. The first-order valence-electron chi connectivity index (χ1n) is 15.3. The van der Waals surface area contributed by atoms with Crippen molar-refractivity contribution in [2.24, 2.45) is 11.5 Å². The van der Waals surface area contributed by atoms with Crippen LogP contribution in [0.4, 0.5) is 0 Å². The number of carbonyl (C=O) groups is 5. The fourth-order valence-corrected chi connectivity index (χ4v) is 5.37. The Balaban J connectivity index is 2.11. The smallest absolute Gasteiger partial charge is 0.305 e. The lowest BCUT2D eigenvalue weighted by Crippen LogP contribution is -2.55. The molecule has 0 unspecified atom stereocenters. The number of benzene rings is 2. The summed E-state index contributed by atoms with van der Waals surface area (Å²) in [6.07, 6.45) is 4.48. The first-order valence-corrected chi connectivity index (χ1v) is 16.7. The number of nitrogens with one attached hydrogen (secondary N) is 2. The monoisotopic (exact) mass is 657 g/mol. The summed E-state index contributed by atoms with van der Waals surface area (Å²) in [5, 5.41) is 15.0. The largest absolute Gasteiger partial charge is 0.508 e. The van der Waals surface area contributed by atoms with Crippen LogP contribution in [-0.2, 0) is 41.6 Å². The molecule has 3 atom stereocenters. The van der Waals surface area contributed by atoms with E-state index in [1.165, 1.54) is 29.8 Å². The Labute approximate surface area is 275 Å². The van der Waals surface area contributed by atoms with Gasteiger partial charge in [0.15, 0.2) is 0 Å². The summed E-state index contributed by atoms with van der Waals surface area (Å²) < 4.78 is 4.67. The molecule has 0 saturated heterocycles. The van der Waals surface area contributed by atoms with Crippen molar-refractivity contribution >= 4 is 41.4 Å². The number of methoxy groups -OCH3 is 1. The maximum Gasteiger partial charge on any atom is 0.305 e. The lowest BCUT2D eigenvalue weighted by atomic mass is 10.0. The van der Waals surface area contributed by atoms with Gasteiger partial charge in [-0.3, -0.25) is 24.0 Å². The van der Waals surface area contributed by atoms with Crippen LogP contribution in [-0.4, -0.2) is 89.9 Å². The van der Waals surface area contributed by atoms with Gasteiger partial charge in [0.25, 0.3) is 0 Å². The maximum atomic E-state index is 13.5. The molecule has 0 aromatic heterocycles. The summed E-state index contributed by atoms with van der Waals surface area (Å²) in [6, 6.07) is 11.1. The van der Waals surface area contributed by atoms with Crippen molar-refractivity contribution in [2.75, 3.05) is 32.2 Å². The predicted octanol–water partition coefficient (Wildman–Crippen LogP) is 1.58. The first-order chi connectivity index (χ1) is 22.0. The summed E-state index contributed by atoms with van der Waals surface area (Å²) in [6.45, 7) is 1.58. The highest BCUT2D eigenvalue weighted by Crippen LogP contribution is 2.17. The van der Waals surface area contributed by atoms with Gasteiger partial charge in [-0.1, -0.05) is 42.8 Å². The number of amides is 4. The van der Waals surface area contributed by atoms with E-state index in [-0.39, 0.29) is 37.5 Å². The van der Waals surface area contributed by atoms with Crippen LogP contribution >= 0.6 is 11.8 Å². The third-order valence-electron chi connectivity index (χ3n) is 7.56. The molecule has 46 heavy (non-hydrogen) atoms. The molecule has 0 radical (unpaired) electrons. The quantitative estimate of drug-likeness (QED) is 0.104. The van der Waals surface area contributed by atoms with Gasteiger partial charge in [-0.25, -0.2) is 0 Å². The number of primary amides is 1. The zero-order valence-corrected chi connectivity index (χ0v) is 27.6. The van der Waals surface area contributed by atoms with Gasteiger partial charge in [0.2, 0.25) is 23.6 Å². The van der Waals surface area contributed by atoms with Crippen LogP contribution in [0.2, 0.25) is 0 Å². The molecule has 2 aromatic rings. The fraction of sp³-hybridized carbons (Fsp3) is 0.485. The van der Waals surface area contributed by atoms with E-state index in [2.05, 4.69) is 15.4 Å². The summed E-state index contributed by atoms with van der Waals surface area (Å²) in [5.74, 6) is -1.91. The van der Waals surface area contributed by atoms with E-state index in [1.807, 2.05) is 36.6 Å². The molecule has 252 valence electrons. The van der Waals surface area contributed by atoms with Gasteiger partial charge >= 0.3 is 5.97 Å². The van der Waals surface area contributed by atoms with Crippen LogP contribution in [0, 0.1) is 6.92 Å². The van der Waals surface area contributed by atoms with Gasteiger partial charge in [0.05, 0.1) is 19.7 Å². The number of nitrogens with zero attached hydrogens (tertiary/aromatic N) is 1. The molecular formula is C33H47N5O7S. The van der Waals surface area contributed by atoms with Crippen molar-refractivity contribution in [1.82, 2.24) is 15.5 Å². The third-order valence-corrected chi connectivity index (χ3v) is 8.21. The molecule has 0 spiro atoms. The fourth-order valence-electron chi connectivity index (χ4n) is 4.90. The van der Waals surface area contributed by atoms with Crippen molar-refractivity contribution in [3.05, 3.63) is 65.2 Å². The first kappa shape index (κ1) is 38.1. The Morgan fingerprint density at radius 2 is 1.72 bits per heavy atom. The second-order valence-corrected chi connectivity index (χ2v) is 12.0. The Morgan fingerprint density at radius 1 is 1.00 bits per heavy atom. The minimum Gasteiger partial charge on any atom is -0.508 e. The standard InChI is InChI=1S/C33H47N5O7S/c1-22-18-25(39)14-13-24(22)20-26(34)32(43)37-27(15-17-46-3)33(44)36-21-29(40)38(16-9-5-8-12-30(41)45-2)28(31(35)42)19-23-10-6-4-7-11-23/h4,6-7,10-11,13-14,18,26-28,39H,5,8-9,12,15-17,19-21,34H2,1-3H3,(H2,35,42)(H,36,44)(H,37,43)/t26-,27+,28-/m0/s1. The molecule has 4 amide bonds. The number of hydrogen-bond acceptors (Lipinski definition) is 9. The Hall–Kier alpha value is -4.10. The van der Waals surface area contributed by atoms with E-state index in [1.54, 1.807) is 19.1 Å². The van der Waals surface area contributed by atoms with E-state index in [0.717, 1.165) is 16.7 Å². The second kappa shape index (κ2) is 20.1. The van der Waals surface area contributed by atoms with Crippen LogP contribution in [0.5, 0.6) is 5.75 Å². The van der Waals surface area contributed by atoms with Crippen molar-refractivity contribution < 1.29 is 33.8 Å². The predicted molar refractivity (Wildman–Crippen MR) is 178 cm³/mol. The molecule has 2 aromatic carbocycles. The number of aromatic hydroxyl groups is 1. The molecule has 0 aliphatic rings. The van der Waals surface area contributed by atoms with Gasteiger partial charge in [-0.05, 0) is 73.4 Å². The lowest BCUT2D eigenvalue weighted by Gasteiger charge is -2.30. The molecular weight excluding hydrogens is 610 g/mol. The van der Waals surface area contributed by atoms with E-state index >= 15 is 0 Å². The third kappa shape index (κ3) is 13.1. The topological polar surface area (TPSA) is 194 Å². The molecule has 12 nitrogen and oxygen atoms in total. The summed E-state index contributed by atoms with van der Waals surface area (Å²) in [5.41, 5.74) is 14.3. The number of unbranched alkanes of at least 4 members (excludes halogenated alkanes) is 2. The molecule has 7 N–H and O–H groups in total. The highest BCUT2D eigenvalue weighted by atomic mass is 32.2. The zero-order chi connectivity index (χ0) is 34.1. The normalized spacial score (nSPS) is 12.8. The van der Waals surface area contributed by atoms with Gasteiger partial charge in [0, 0.05) is 19.4 Å². The van der Waals surface area contributed by atoms with Gasteiger partial charge < -0.3 is 36.8 Å². The van der Waals surface area contributed by atoms with Crippen LogP contribution in [0.3, 0.4) is 0 Å².